The van der Waals surface area contributed by atoms with Crippen LogP contribution < -0.4 is 5.73 Å². The summed E-state index contributed by atoms with van der Waals surface area (Å²) < 4.78 is 15.8. The molecule has 1 aliphatic rings. The first-order chi connectivity index (χ1) is 8.34. The van der Waals surface area contributed by atoms with Gasteiger partial charge in [-0.15, -0.1) is 0 Å². The van der Waals surface area contributed by atoms with E-state index < -0.39 is 0 Å². The van der Waals surface area contributed by atoms with Crippen LogP contribution >= 0.6 is 0 Å². The zero-order valence-corrected chi connectivity index (χ0v) is 8.92. The largest absolute Gasteiger partial charge is 0.383 e. The second kappa shape index (κ2) is 4.15. The number of hydrogen-bond acceptors (Lipinski definition) is 7. The van der Waals surface area contributed by atoms with E-state index in [1.54, 1.807) is 0 Å². The Morgan fingerprint density at radius 1 is 1.41 bits per heavy atom. The first-order valence-electron chi connectivity index (χ1n) is 5.17. The summed E-state index contributed by atoms with van der Waals surface area (Å²) in [4.78, 5) is 4.21. The number of nitrogen functional groups attached to an aromatic ring is 1. The van der Waals surface area contributed by atoms with E-state index in [0.717, 1.165) is 0 Å². The Balaban J connectivity index is 1.85. The average molecular weight is 237 g/mol. The van der Waals surface area contributed by atoms with Gasteiger partial charge in [-0.2, -0.15) is 10.1 Å². The van der Waals surface area contributed by atoms with Crippen LogP contribution in [0.3, 0.4) is 0 Å². The second-order valence-corrected chi connectivity index (χ2v) is 3.59. The predicted octanol–water partition coefficient (Wildman–Crippen LogP) is 0.130. The van der Waals surface area contributed by atoms with Crippen molar-refractivity contribution < 1.29 is 14.0 Å². The topological polar surface area (TPSA) is 112 Å². The van der Waals surface area contributed by atoms with Gasteiger partial charge in [0.15, 0.2) is 0 Å². The molecule has 1 aliphatic heterocycles. The number of rotatable bonds is 2. The van der Waals surface area contributed by atoms with E-state index in [-0.39, 0.29) is 6.10 Å². The summed E-state index contributed by atoms with van der Waals surface area (Å²) in [5.41, 5.74) is 6.24. The van der Waals surface area contributed by atoms with Crippen LogP contribution in [0, 0.1) is 0 Å². The van der Waals surface area contributed by atoms with Gasteiger partial charge in [-0.25, -0.2) is 0 Å². The molecule has 3 heterocycles. The summed E-state index contributed by atoms with van der Waals surface area (Å²) in [7, 11) is 0. The third-order valence-corrected chi connectivity index (χ3v) is 2.44. The van der Waals surface area contributed by atoms with E-state index in [9.17, 15) is 0 Å². The fraction of sp³-hybridized carbons (Fsp3) is 0.444. The number of nitrogens with two attached hydrogens (primary N) is 1. The fourth-order valence-electron chi connectivity index (χ4n) is 1.58. The standard InChI is InChI=1S/C9H11N5O3/c10-7-5(3-11-13-7)9-12-8(14-17-9)6-4-15-1-2-16-6/h3,6H,1-2,4H2,(H3,10,11,13). The lowest BCUT2D eigenvalue weighted by Crippen LogP contribution is -2.22. The second-order valence-electron chi connectivity index (χ2n) is 3.59. The number of anilines is 1. The lowest BCUT2D eigenvalue weighted by atomic mass is 10.3. The molecule has 0 saturated carbocycles. The molecule has 0 aromatic carbocycles. The number of nitrogens with zero attached hydrogens (tertiary/aromatic N) is 3. The molecule has 0 radical (unpaired) electrons. The van der Waals surface area contributed by atoms with Crippen molar-refractivity contribution in [3.05, 3.63) is 12.0 Å². The van der Waals surface area contributed by atoms with Gasteiger partial charge in [0.05, 0.1) is 26.0 Å². The van der Waals surface area contributed by atoms with Crippen LogP contribution in [0.25, 0.3) is 11.5 Å². The molecule has 1 fully saturated rings. The van der Waals surface area contributed by atoms with Crippen LogP contribution in [-0.2, 0) is 9.47 Å². The third kappa shape index (κ3) is 1.87. The molecule has 90 valence electrons. The Bertz CT molecular complexity index is 502. The van der Waals surface area contributed by atoms with Gasteiger partial charge in [-0.3, -0.25) is 5.10 Å². The average Bonchev–Trinajstić information content (AvgIpc) is 2.98. The number of hydrogen-bond donors (Lipinski definition) is 2. The summed E-state index contributed by atoms with van der Waals surface area (Å²) in [6.45, 7) is 1.55. The molecule has 17 heavy (non-hydrogen) atoms. The quantitative estimate of drug-likeness (QED) is 0.763. The van der Waals surface area contributed by atoms with Gasteiger partial charge < -0.3 is 19.7 Å². The number of H-pyrrole nitrogens is 1. The van der Waals surface area contributed by atoms with E-state index in [1.807, 2.05) is 0 Å². The van der Waals surface area contributed by atoms with Gasteiger partial charge in [0.25, 0.3) is 5.89 Å². The predicted molar refractivity (Wildman–Crippen MR) is 55.8 cm³/mol. The molecule has 0 amide bonds. The summed E-state index contributed by atoms with van der Waals surface area (Å²) in [5, 5.41) is 10.2. The Morgan fingerprint density at radius 3 is 3.06 bits per heavy atom. The lowest BCUT2D eigenvalue weighted by Gasteiger charge is -2.19. The Morgan fingerprint density at radius 2 is 2.35 bits per heavy atom. The molecule has 1 atom stereocenters. The van der Waals surface area contributed by atoms with Crippen molar-refractivity contribution in [2.75, 3.05) is 25.6 Å². The van der Waals surface area contributed by atoms with Crippen LogP contribution in [-0.4, -0.2) is 40.2 Å². The zero-order chi connectivity index (χ0) is 11.7. The molecule has 3 rings (SSSR count). The zero-order valence-electron chi connectivity index (χ0n) is 8.92. The Labute approximate surface area is 96.1 Å². The highest BCUT2D eigenvalue weighted by Gasteiger charge is 2.23. The van der Waals surface area contributed by atoms with Crippen LogP contribution in [0.15, 0.2) is 10.7 Å². The summed E-state index contributed by atoms with van der Waals surface area (Å²) >= 11 is 0. The SMILES string of the molecule is Nc1[nH]ncc1-c1nc(C2COCCO2)no1. The molecule has 0 bridgehead atoms. The van der Waals surface area contributed by atoms with Crippen LogP contribution in [0.1, 0.15) is 11.9 Å². The Kier molecular flexibility index (Phi) is 2.50. The highest BCUT2D eigenvalue weighted by molar-refractivity contribution is 5.65. The van der Waals surface area contributed by atoms with Gasteiger partial charge in [-0.05, 0) is 0 Å². The van der Waals surface area contributed by atoms with E-state index in [1.165, 1.54) is 6.20 Å². The number of aromatic amines is 1. The van der Waals surface area contributed by atoms with Crippen molar-refractivity contribution in [2.45, 2.75) is 6.10 Å². The molecular weight excluding hydrogens is 226 g/mol. The van der Waals surface area contributed by atoms with E-state index >= 15 is 0 Å². The molecule has 1 unspecified atom stereocenters. The molecule has 3 N–H and O–H groups in total. The normalized spacial score (nSPS) is 20.6. The van der Waals surface area contributed by atoms with E-state index in [4.69, 9.17) is 19.7 Å². The minimum Gasteiger partial charge on any atom is -0.383 e. The molecule has 1 saturated heterocycles. The number of ether oxygens (including phenoxy) is 2. The maximum absolute atomic E-state index is 5.66. The minimum atomic E-state index is -0.283. The van der Waals surface area contributed by atoms with Crippen molar-refractivity contribution in [3.63, 3.8) is 0 Å². The summed E-state index contributed by atoms with van der Waals surface area (Å²) in [5.74, 6) is 1.17. The van der Waals surface area contributed by atoms with Crippen LogP contribution in [0.5, 0.6) is 0 Å². The molecule has 0 aliphatic carbocycles. The smallest absolute Gasteiger partial charge is 0.263 e. The fourth-order valence-corrected chi connectivity index (χ4v) is 1.58. The lowest BCUT2D eigenvalue weighted by molar-refractivity contribution is -0.0941. The molecule has 2 aromatic heterocycles. The van der Waals surface area contributed by atoms with E-state index in [0.29, 0.717) is 42.9 Å². The maximum atomic E-state index is 5.66. The molecule has 8 heteroatoms. The highest BCUT2D eigenvalue weighted by Crippen LogP contribution is 2.24. The van der Waals surface area contributed by atoms with Gasteiger partial charge in [0, 0.05) is 0 Å². The first-order valence-corrected chi connectivity index (χ1v) is 5.17. The van der Waals surface area contributed by atoms with Gasteiger partial charge >= 0.3 is 0 Å². The van der Waals surface area contributed by atoms with Crippen molar-refractivity contribution in [1.82, 2.24) is 20.3 Å². The minimum absolute atomic E-state index is 0.283. The van der Waals surface area contributed by atoms with Gasteiger partial charge in [0.1, 0.15) is 17.5 Å². The van der Waals surface area contributed by atoms with Gasteiger partial charge in [0.2, 0.25) is 5.82 Å². The van der Waals surface area contributed by atoms with Crippen molar-refractivity contribution in [1.29, 1.82) is 0 Å². The van der Waals surface area contributed by atoms with Crippen LogP contribution in [0.4, 0.5) is 5.82 Å². The Hall–Kier alpha value is -1.93. The summed E-state index contributed by atoms with van der Waals surface area (Å²) in [6, 6.07) is 0. The first kappa shape index (κ1) is 10.2. The third-order valence-electron chi connectivity index (χ3n) is 2.44. The van der Waals surface area contributed by atoms with E-state index in [2.05, 4.69) is 20.3 Å². The van der Waals surface area contributed by atoms with Crippen molar-refractivity contribution >= 4 is 5.82 Å². The van der Waals surface area contributed by atoms with Crippen LogP contribution in [0.2, 0.25) is 0 Å². The van der Waals surface area contributed by atoms with Gasteiger partial charge in [-0.1, -0.05) is 5.16 Å². The molecular formula is C9H11N5O3. The summed E-state index contributed by atoms with van der Waals surface area (Å²) in [6.07, 6.45) is 1.25. The number of aromatic nitrogens is 4. The van der Waals surface area contributed by atoms with Crippen molar-refractivity contribution in [2.24, 2.45) is 0 Å². The monoisotopic (exact) mass is 237 g/mol. The highest BCUT2D eigenvalue weighted by atomic mass is 16.6. The molecule has 8 nitrogen and oxygen atoms in total. The molecule has 0 spiro atoms. The number of nitrogens with one attached hydrogen (secondary N) is 1. The maximum Gasteiger partial charge on any atom is 0.263 e. The molecule has 2 aromatic rings. The van der Waals surface area contributed by atoms with Crippen molar-refractivity contribution in [3.8, 4) is 11.5 Å².